The Kier molecular flexibility index (Phi) is 2.93. The molecule has 1 aromatic heterocycles. The number of aromatic nitrogens is 2. The molecule has 1 aliphatic rings. The first-order chi connectivity index (χ1) is 9.22. The van der Waals surface area contributed by atoms with Gasteiger partial charge in [-0.25, -0.2) is 14.4 Å². The molecule has 3 nitrogen and oxygen atoms in total. The third-order valence-electron chi connectivity index (χ3n) is 3.47. The Morgan fingerprint density at radius 1 is 1.21 bits per heavy atom. The predicted molar refractivity (Wildman–Crippen MR) is 70.7 cm³/mol. The molecule has 0 bridgehead atoms. The zero-order chi connectivity index (χ0) is 13.4. The summed E-state index contributed by atoms with van der Waals surface area (Å²) in [4.78, 5) is 8.48. The highest BCUT2D eigenvalue weighted by molar-refractivity contribution is 5.75. The van der Waals surface area contributed by atoms with Gasteiger partial charge in [-0.05, 0) is 31.4 Å². The fraction of sp³-hybridized carbons (Fsp3) is 0.333. The van der Waals surface area contributed by atoms with E-state index in [9.17, 15) is 4.39 Å². The molecule has 4 heteroatoms. The summed E-state index contributed by atoms with van der Waals surface area (Å²) in [6.07, 6.45) is 3.69. The monoisotopic (exact) mass is 258 g/mol. The molecule has 1 heterocycles. The maximum Gasteiger partial charge on any atom is 0.224 e. The Labute approximate surface area is 111 Å². The summed E-state index contributed by atoms with van der Waals surface area (Å²) in [6.45, 7) is 1.89. The van der Waals surface area contributed by atoms with Gasteiger partial charge >= 0.3 is 0 Å². The summed E-state index contributed by atoms with van der Waals surface area (Å²) in [5.74, 6) is 0.603. The predicted octanol–water partition coefficient (Wildman–Crippen LogP) is 3.48. The summed E-state index contributed by atoms with van der Waals surface area (Å²) in [5.41, 5.74) is 3.04. The second-order valence-electron chi connectivity index (χ2n) is 4.85. The van der Waals surface area contributed by atoms with Gasteiger partial charge in [-0.1, -0.05) is 12.1 Å². The number of hydrogen-bond acceptors (Lipinski definition) is 3. The normalized spacial score (nSPS) is 14.5. The van der Waals surface area contributed by atoms with Gasteiger partial charge in [-0.15, -0.1) is 0 Å². The molecule has 3 rings (SSSR count). The number of nitrogens with zero attached hydrogens (tertiary/aromatic N) is 2. The van der Waals surface area contributed by atoms with Crippen LogP contribution in [0.15, 0.2) is 24.5 Å². The standard InChI is InChI=1S/C15H15FN2O/c1-9-4-3-5-11(16)12(9)13-14(10-6-7-10)17-8-18-15(13)19-2/h3-5,8,10H,6-7H2,1-2H3. The molecule has 0 spiro atoms. The molecule has 2 aromatic rings. The molecule has 1 aromatic carbocycles. The van der Waals surface area contributed by atoms with E-state index in [1.165, 1.54) is 12.4 Å². The molecule has 1 saturated carbocycles. The van der Waals surface area contributed by atoms with E-state index in [0.29, 0.717) is 22.9 Å². The van der Waals surface area contributed by atoms with Gasteiger partial charge in [-0.2, -0.15) is 0 Å². The van der Waals surface area contributed by atoms with Crippen LogP contribution in [0.2, 0.25) is 0 Å². The minimum atomic E-state index is -0.255. The molecule has 0 saturated heterocycles. The van der Waals surface area contributed by atoms with Crippen molar-refractivity contribution in [1.82, 2.24) is 9.97 Å². The lowest BCUT2D eigenvalue weighted by Crippen LogP contribution is -2.01. The topological polar surface area (TPSA) is 35.0 Å². The SMILES string of the molecule is COc1ncnc(C2CC2)c1-c1c(C)cccc1F. The fourth-order valence-corrected chi connectivity index (χ4v) is 2.39. The number of rotatable bonds is 3. The molecule has 0 amide bonds. The van der Waals surface area contributed by atoms with Crippen molar-refractivity contribution in [2.75, 3.05) is 7.11 Å². The van der Waals surface area contributed by atoms with E-state index in [-0.39, 0.29) is 5.82 Å². The van der Waals surface area contributed by atoms with E-state index in [2.05, 4.69) is 9.97 Å². The molecule has 0 N–H and O–H groups in total. The van der Waals surface area contributed by atoms with Crippen LogP contribution in [0.25, 0.3) is 11.1 Å². The molecule has 1 aliphatic carbocycles. The van der Waals surface area contributed by atoms with Crippen molar-refractivity contribution in [2.24, 2.45) is 0 Å². The highest BCUT2D eigenvalue weighted by Crippen LogP contribution is 2.46. The third kappa shape index (κ3) is 2.07. The van der Waals surface area contributed by atoms with Gasteiger partial charge in [0.05, 0.1) is 18.4 Å². The molecule has 19 heavy (non-hydrogen) atoms. The molecule has 1 fully saturated rings. The molecule has 98 valence electrons. The van der Waals surface area contributed by atoms with Crippen molar-refractivity contribution in [1.29, 1.82) is 0 Å². The first-order valence-corrected chi connectivity index (χ1v) is 6.36. The molecular formula is C15H15FN2O. The summed E-state index contributed by atoms with van der Waals surface area (Å²) >= 11 is 0. The Bertz CT molecular complexity index is 603. The Hall–Kier alpha value is -1.97. The smallest absolute Gasteiger partial charge is 0.224 e. The minimum absolute atomic E-state index is 0.255. The summed E-state index contributed by atoms with van der Waals surface area (Å²) in [5, 5.41) is 0. The second-order valence-corrected chi connectivity index (χ2v) is 4.85. The maximum atomic E-state index is 14.2. The van der Waals surface area contributed by atoms with Crippen LogP contribution in [-0.2, 0) is 0 Å². The average molecular weight is 258 g/mol. The number of halogens is 1. The molecular weight excluding hydrogens is 243 g/mol. The van der Waals surface area contributed by atoms with E-state index in [1.807, 2.05) is 13.0 Å². The zero-order valence-electron chi connectivity index (χ0n) is 11.0. The largest absolute Gasteiger partial charge is 0.480 e. The van der Waals surface area contributed by atoms with Crippen LogP contribution in [0.3, 0.4) is 0 Å². The van der Waals surface area contributed by atoms with Gasteiger partial charge < -0.3 is 4.74 Å². The average Bonchev–Trinajstić information content (AvgIpc) is 3.23. The summed E-state index contributed by atoms with van der Waals surface area (Å²) in [7, 11) is 1.55. The Balaban J connectivity index is 2.28. The molecule has 0 radical (unpaired) electrons. The lowest BCUT2D eigenvalue weighted by molar-refractivity contribution is 0.397. The number of hydrogen-bond donors (Lipinski definition) is 0. The number of ether oxygens (including phenoxy) is 1. The van der Waals surface area contributed by atoms with E-state index < -0.39 is 0 Å². The van der Waals surface area contributed by atoms with E-state index >= 15 is 0 Å². The van der Waals surface area contributed by atoms with Gasteiger partial charge in [0.2, 0.25) is 5.88 Å². The zero-order valence-corrected chi connectivity index (χ0v) is 11.0. The first kappa shape index (κ1) is 12.1. The van der Waals surface area contributed by atoms with Crippen LogP contribution >= 0.6 is 0 Å². The lowest BCUT2D eigenvalue weighted by Gasteiger charge is -2.14. The number of benzene rings is 1. The maximum absolute atomic E-state index is 14.2. The Morgan fingerprint density at radius 3 is 2.63 bits per heavy atom. The van der Waals surface area contributed by atoms with Gasteiger partial charge in [0, 0.05) is 11.5 Å². The van der Waals surface area contributed by atoms with Crippen LogP contribution in [0, 0.1) is 12.7 Å². The van der Waals surface area contributed by atoms with Gasteiger partial charge in [0.1, 0.15) is 12.1 Å². The van der Waals surface area contributed by atoms with Crippen LogP contribution in [-0.4, -0.2) is 17.1 Å². The first-order valence-electron chi connectivity index (χ1n) is 6.36. The van der Waals surface area contributed by atoms with E-state index in [4.69, 9.17) is 4.74 Å². The van der Waals surface area contributed by atoms with Gasteiger partial charge in [-0.3, -0.25) is 0 Å². The van der Waals surface area contributed by atoms with E-state index in [0.717, 1.165) is 24.1 Å². The minimum Gasteiger partial charge on any atom is -0.480 e. The van der Waals surface area contributed by atoms with Gasteiger partial charge in [0.25, 0.3) is 0 Å². The Morgan fingerprint density at radius 2 is 2.00 bits per heavy atom. The lowest BCUT2D eigenvalue weighted by atomic mass is 9.97. The van der Waals surface area contributed by atoms with Gasteiger partial charge in [0.15, 0.2) is 0 Å². The fourth-order valence-electron chi connectivity index (χ4n) is 2.39. The number of methoxy groups -OCH3 is 1. The summed E-state index contributed by atoms with van der Waals surface area (Å²) < 4.78 is 19.5. The van der Waals surface area contributed by atoms with Crippen molar-refractivity contribution in [3.05, 3.63) is 41.6 Å². The highest BCUT2D eigenvalue weighted by atomic mass is 19.1. The third-order valence-corrected chi connectivity index (χ3v) is 3.47. The molecule has 0 aliphatic heterocycles. The number of aryl methyl sites for hydroxylation is 1. The van der Waals surface area contributed by atoms with Crippen LogP contribution < -0.4 is 4.74 Å². The van der Waals surface area contributed by atoms with Crippen molar-refractivity contribution in [2.45, 2.75) is 25.7 Å². The van der Waals surface area contributed by atoms with Crippen molar-refractivity contribution < 1.29 is 9.13 Å². The van der Waals surface area contributed by atoms with Crippen LogP contribution in [0.5, 0.6) is 5.88 Å². The van der Waals surface area contributed by atoms with Crippen molar-refractivity contribution in [3.63, 3.8) is 0 Å². The van der Waals surface area contributed by atoms with Crippen LogP contribution in [0.1, 0.15) is 30.0 Å². The molecule has 0 unspecified atom stereocenters. The van der Waals surface area contributed by atoms with Crippen molar-refractivity contribution >= 4 is 0 Å². The summed E-state index contributed by atoms with van der Waals surface area (Å²) in [6, 6.07) is 5.06. The second kappa shape index (κ2) is 4.61. The molecule has 0 atom stereocenters. The quantitative estimate of drug-likeness (QED) is 0.845. The van der Waals surface area contributed by atoms with E-state index in [1.54, 1.807) is 13.2 Å². The van der Waals surface area contributed by atoms with Crippen molar-refractivity contribution in [3.8, 4) is 17.0 Å². The van der Waals surface area contributed by atoms with Crippen LogP contribution in [0.4, 0.5) is 4.39 Å². The highest BCUT2D eigenvalue weighted by Gasteiger charge is 2.31.